The fourth-order valence-electron chi connectivity index (χ4n) is 3.91. The number of aryl methyl sites for hydroxylation is 2. The molecule has 2 heterocycles. The van der Waals surface area contributed by atoms with Crippen LogP contribution in [-0.2, 0) is 21.4 Å². The Labute approximate surface area is 189 Å². The van der Waals surface area contributed by atoms with Gasteiger partial charge < -0.3 is 14.2 Å². The van der Waals surface area contributed by atoms with Crippen molar-refractivity contribution < 1.29 is 17.9 Å². The number of piperidine rings is 1. The third-order valence-electron chi connectivity index (χ3n) is 5.90. The van der Waals surface area contributed by atoms with Gasteiger partial charge in [0.2, 0.25) is 15.9 Å². The lowest BCUT2D eigenvalue weighted by Crippen LogP contribution is -2.51. The number of benzene rings is 1. The van der Waals surface area contributed by atoms with E-state index in [1.165, 1.54) is 13.2 Å². The molecule has 1 amide bonds. The summed E-state index contributed by atoms with van der Waals surface area (Å²) in [6.45, 7) is 5.56. The maximum Gasteiger partial charge on any atom is 0.244 e. The molecule has 172 valence electrons. The highest BCUT2D eigenvalue weighted by Gasteiger charge is 2.32. The van der Waals surface area contributed by atoms with Crippen molar-refractivity contribution in [2.75, 3.05) is 20.2 Å². The first-order chi connectivity index (χ1) is 15.2. The lowest BCUT2D eigenvalue weighted by Gasteiger charge is -2.33. The van der Waals surface area contributed by atoms with Crippen LogP contribution in [0.4, 0.5) is 0 Å². The number of aromatic nitrogens is 1. The molecule has 32 heavy (non-hydrogen) atoms. The van der Waals surface area contributed by atoms with Gasteiger partial charge in [0.25, 0.3) is 0 Å². The average molecular weight is 459 g/mol. The first-order valence-electron chi connectivity index (χ1n) is 10.8. The predicted molar refractivity (Wildman–Crippen MR) is 121 cm³/mol. The number of amides is 1. The molecule has 0 spiro atoms. The number of nitrogens with one attached hydrogen (secondary N) is 1. The van der Waals surface area contributed by atoms with Crippen molar-refractivity contribution >= 4 is 15.9 Å². The van der Waals surface area contributed by atoms with Crippen LogP contribution < -0.4 is 9.46 Å². The largest absolute Gasteiger partial charge is 0.495 e. The minimum atomic E-state index is -4.02. The van der Waals surface area contributed by atoms with Gasteiger partial charge in [-0.25, -0.2) is 8.42 Å². The molecule has 9 heteroatoms. The molecule has 2 aromatic rings. The van der Waals surface area contributed by atoms with Crippen LogP contribution in [0.15, 0.2) is 41.4 Å². The van der Waals surface area contributed by atoms with E-state index in [9.17, 15) is 18.5 Å². The molecule has 0 radical (unpaired) electrons. The zero-order chi connectivity index (χ0) is 23.3. The standard InChI is InChI=1S/C23H30N4O4S/c1-17-8-12-27(13-9-17)23(28)20(10-14-26-11-4-5-19(26)16-24)25-32(29,30)22-7-6-18(2)15-21(22)31-3/h4-7,11,15,17,20,25H,8-10,12-14H2,1-3H3. The summed E-state index contributed by atoms with van der Waals surface area (Å²) in [6.07, 6.45) is 3.77. The normalized spacial score (nSPS) is 15.9. The second kappa shape index (κ2) is 10.2. The number of nitrogens with zero attached hydrogens (tertiary/aromatic N) is 3. The Morgan fingerprint density at radius 2 is 2.03 bits per heavy atom. The number of carbonyl (C=O) groups excluding carboxylic acids is 1. The number of methoxy groups -OCH3 is 1. The van der Waals surface area contributed by atoms with Crippen molar-refractivity contribution in [3.8, 4) is 11.8 Å². The van der Waals surface area contributed by atoms with Crippen molar-refractivity contribution in [3.05, 3.63) is 47.8 Å². The minimum absolute atomic E-state index is 0.00524. The van der Waals surface area contributed by atoms with Gasteiger partial charge in [-0.3, -0.25) is 4.79 Å². The SMILES string of the molecule is COc1cc(C)ccc1S(=O)(=O)NC(CCn1cccc1C#N)C(=O)N1CCC(C)CC1. The Hall–Kier alpha value is -2.83. The molecular formula is C23H30N4O4S. The van der Waals surface area contributed by atoms with E-state index in [1.807, 2.05) is 6.92 Å². The van der Waals surface area contributed by atoms with Crippen LogP contribution in [0.25, 0.3) is 0 Å². The lowest BCUT2D eigenvalue weighted by molar-refractivity contribution is -0.134. The summed E-state index contributed by atoms with van der Waals surface area (Å²) >= 11 is 0. The molecule has 1 aromatic carbocycles. The fourth-order valence-corrected chi connectivity index (χ4v) is 5.28. The highest BCUT2D eigenvalue weighted by Crippen LogP contribution is 2.26. The van der Waals surface area contributed by atoms with Gasteiger partial charge in [-0.05, 0) is 61.9 Å². The maximum atomic E-state index is 13.3. The summed E-state index contributed by atoms with van der Waals surface area (Å²) < 4.78 is 36.1. The van der Waals surface area contributed by atoms with Crippen molar-refractivity contribution in [3.63, 3.8) is 0 Å². The first kappa shape index (κ1) is 23.8. The molecule has 1 aromatic heterocycles. The lowest BCUT2D eigenvalue weighted by atomic mass is 9.98. The Bertz CT molecular complexity index is 1100. The van der Waals surface area contributed by atoms with E-state index in [0.717, 1.165) is 18.4 Å². The third-order valence-corrected chi connectivity index (χ3v) is 7.41. The molecule has 0 saturated carbocycles. The molecular weight excluding hydrogens is 428 g/mol. The number of sulfonamides is 1. The summed E-state index contributed by atoms with van der Waals surface area (Å²) in [5.74, 6) is 0.536. The van der Waals surface area contributed by atoms with Crippen LogP contribution in [0.1, 0.15) is 37.4 Å². The predicted octanol–water partition coefficient (Wildman–Crippen LogP) is 2.67. The molecule has 0 aliphatic carbocycles. The van der Waals surface area contributed by atoms with Gasteiger partial charge in [-0.15, -0.1) is 0 Å². The van der Waals surface area contributed by atoms with E-state index in [2.05, 4.69) is 17.7 Å². The maximum absolute atomic E-state index is 13.3. The van der Waals surface area contributed by atoms with Gasteiger partial charge >= 0.3 is 0 Å². The quantitative estimate of drug-likeness (QED) is 0.655. The molecule has 1 aliphatic heterocycles. The number of rotatable bonds is 8. The van der Waals surface area contributed by atoms with Crippen LogP contribution in [0.5, 0.6) is 5.75 Å². The Morgan fingerprint density at radius 3 is 2.69 bits per heavy atom. The molecule has 1 fully saturated rings. The van der Waals surface area contributed by atoms with Gasteiger partial charge in [-0.1, -0.05) is 13.0 Å². The van der Waals surface area contributed by atoms with Crippen molar-refractivity contribution in [2.24, 2.45) is 5.92 Å². The van der Waals surface area contributed by atoms with Crippen LogP contribution in [-0.4, -0.2) is 50.0 Å². The van der Waals surface area contributed by atoms with Crippen LogP contribution in [0, 0.1) is 24.2 Å². The smallest absolute Gasteiger partial charge is 0.244 e. The third kappa shape index (κ3) is 5.50. The van der Waals surface area contributed by atoms with Crippen LogP contribution in [0.3, 0.4) is 0 Å². The Balaban J connectivity index is 1.86. The number of carbonyl (C=O) groups is 1. The number of hydrogen-bond donors (Lipinski definition) is 1. The molecule has 1 atom stereocenters. The van der Waals surface area contributed by atoms with Gasteiger partial charge in [-0.2, -0.15) is 9.98 Å². The van der Waals surface area contributed by atoms with Crippen molar-refractivity contribution in [1.29, 1.82) is 5.26 Å². The van der Waals surface area contributed by atoms with Crippen molar-refractivity contribution in [2.45, 2.75) is 50.6 Å². The second-order valence-electron chi connectivity index (χ2n) is 8.32. The summed E-state index contributed by atoms with van der Waals surface area (Å²) in [6, 6.07) is 9.42. The monoisotopic (exact) mass is 458 g/mol. The molecule has 3 rings (SSSR count). The summed E-state index contributed by atoms with van der Waals surface area (Å²) in [5, 5.41) is 9.25. The number of nitriles is 1. The van der Waals surface area contributed by atoms with E-state index in [1.54, 1.807) is 39.9 Å². The second-order valence-corrected chi connectivity index (χ2v) is 10.0. The molecule has 1 saturated heterocycles. The summed E-state index contributed by atoms with van der Waals surface area (Å²) in [4.78, 5) is 15.1. The molecule has 8 nitrogen and oxygen atoms in total. The van der Waals surface area contributed by atoms with Crippen molar-refractivity contribution in [1.82, 2.24) is 14.2 Å². The summed E-state index contributed by atoms with van der Waals surface area (Å²) in [7, 11) is -2.60. The van der Waals surface area contributed by atoms with Gasteiger partial charge in [0.1, 0.15) is 28.4 Å². The van der Waals surface area contributed by atoms with Crippen LogP contribution in [0.2, 0.25) is 0 Å². The Kier molecular flexibility index (Phi) is 7.59. The highest BCUT2D eigenvalue weighted by atomic mass is 32.2. The number of ether oxygens (including phenoxy) is 1. The summed E-state index contributed by atoms with van der Waals surface area (Å²) in [5.41, 5.74) is 1.33. The molecule has 1 aliphatic rings. The first-order valence-corrected chi connectivity index (χ1v) is 12.2. The zero-order valence-electron chi connectivity index (χ0n) is 18.7. The molecule has 0 bridgehead atoms. The minimum Gasteiger partial charge on any atom is -0.495 e. The Morgan fingerprint density at radius 1 is 1.31 bits per heavy atom. The number of likely N-dealkylation sites (tertiary alicyclic amines) is 1. The van der Waals surface area contributed by atoms with E-state index in [-0.39, 0.29) is 23.0 Å². The van der Waals surface area contributed by atoms with Crippen LogP contribution >= 0.6 is 0 Å². The fraction of sp³-hybridized carbons (Fsp3) is 0.478. The number of hydrogen-bond acceptors (Lipinski definition) is 5. The highest BCUT2D eigenvalue weighted by molar-refractivity contribution is 7.89. The zero-order valence-corrected chi connectivity index (χ0v) is 19.6. The van der Waals surface area contributed by atoms with Gasteiger partial charge in [0.15, 0.2) is 0 Å². The molecule has 1 N–H and O–H groups in total. The van der Waals surface area contributed by atoms with E-state index in [0.29, 0.717) is 31.2 Å². The van der Waals surface area contributed by atoms with Gasteiger partial charge in [0.05, 0.1) is 7.11 Å². The molecule has 1 unspecified atom stereocenters. The van der Waals surface area contributed by atoms with E-state index < -0.39 is 16.1 Å². The topological polar surface area (TPSA) is 104 Å². The van der Waals surface area contributed by atoms with E-state index >= 15 is 0 Å². The van der Waals surface area contributed by atoms with Gasteiger partial charge in [0, 0.05) is 25.8 Å². The average Bonchev–Trinajstić information content (AvgIpc) is 3.24. The van der Waals surface area contributed by atoms with E-state index in [4.69, 9.17) is 4.74 Å².